The van der Waals surface area contributed by atoms with Gasteiger partial charge in [-0.3, -0.25) is 0 Å². The van der Waals surface area contributed by atoms with Gasteiger partial charge in [0.2, 0.25) is 0 Å². The van der Waals surface area contributed by atoms with Gasteiger partial charge < -0.3 is 9.57 Å². The van der Waals surface area contributed by atoms with Gasteiger partial charge in [-0.1, -0.05) is 56.4 Å². The fraction of sp³-hybridized carbons (Fsp3) is 0.125. The Morgan fingerprint density at radius 2 is 1.87 bits per heavy atom. The lowest BCUT2D eigenvalue weighted by Crippen LogP contribution is -2.13. The molecular weight excluding hydrogens is 405 g/mol. The van der Waals surface area contributed by atoms with Crippen LogP contribution in [0.2, 0.25) is 10.0 Å². The van der Waals surface area contributed by atoms with Crippen LogP contribution in [0, 0.1) is 0 Å². The van der Waals surface area contributed by atoms with E-state index in [9.17, 15) is 4.79 Å². The maximum atomic E-state index is 11.7. The number of benzene rings is 2. The van der Waals surface area contributed by atoms with Crippen molar-refractivity contribution in [2.75, 3.05) is 6.61 Å². The molecule has 23 heavy (non-hydrogen) atoms. The lowest BCUT2D eigenvalue weighted by Gasteiger charge is -2.06. The van der Waals surface area contributed by atoms with E-state index < -0.39 is 5.97 Å². The predicted molar refractivity (Wildman–Crippen MR) is 94.4 cm³/mol. The second-order valence-corrected chi connectivity index (χ2v) is 6.27. The zero-order valence-electron chi connectivity index (χ0n) is 12.1. The minimum Gasteiger partial charge on any atom is -0.480 e. The first-order chi connectivity index (χ1) is 11.0. The van der Waals surface area contributed by atoms with Crippen molar-refractivity contribution in [3.8, 4) is 5.75 Å². The van der Waals surface area contributed by atoms with Gasteiger partial charge in [0, 0.05) is 9.50 Å². The van der Waals surface area contributed by atoms with E-state index in [1.54, 1.807) is 19.1 Å². The van der Waals surface area contributed by atoms with Crippen LogP contribution in [0.3, 0.4) is 0 Å². The van der Waals surface area contributed by atoms with Gasteiger partial charge in [-0.15, -0.1) is 0 Å². The fourth-order valence-electron chi connectivity index (χ4n) is 1.62. The highest BCUT2D eigenvalue weighted by Crippen LogP contribution is 2.27. The first-order valence-corrected chi connectivity index (χ1v) is 8.09. The van der Waals surface area contributed by atoms with Gasteiger partial charge in [0.15, 0.2) is 6.61 Å². The summed E-state index contributed by atoms with van der Waals surface area (Å²) in [5, 5.41) is 4.60. The molecule has 0 N–H and O–H groups in total. The van der Waals surface area contributed by atoms with Gasteiger partial charge in [0.05, 0.1) is 10.7 Å². The van der Waals surface area contributed by atoms with Crippen LogP contribution in [0.5, 0.6) is 5.75 Å². The van der Waals surface area contributed by atoms with Crippen LogP contribution in [0.1, 0.15) is 12.5 Å². The van der Waals surface area contributed by atoms with E-state index in [-0.39, 0.29) is 6.61 Å². The molecule has 0 saturated carbocycles. The van der Waals surface area contributed by atoms with Crippen LogP contribution in [0.15, 0.2) is 52.1 Å². The third kappa shape index (κ3) is 5.53. The Labute approximate surface area is 152 Å². The lowest BCUT2D eigenvalue weighted by molar-refractivity contribution is -0.146. The number of carbonyl (C=O) groups is 1. The van der Waals surface area contributed by atoms with E-state index in [1.807, 2.05) is 24.3 Å². The first-order valence-electron chi connectivity index (χ1n) is 6.54. The molecule has 0 aliphatic rings. The number of oxime groups is 1. The average molecular weight is 417 g/mol. The average Bonchev–Trinajstić information content (AvgIpc) is 2.52. The highest BCUT2D eigenvalue weighted by Gasteiger charge is 2.08. The van der Waals surface area contributed by atoms with Crippen molar-refractivity contribution in [2.24, 2.45) is 5.16 Å². The third-order valence-corrected chi connectivity index (χ3v) is 3.84. The number of hydrogen-bond donors (Lipinski definition) is 0. The number of rotatable bonds is 5. The number of halogens is 3. The molecule has 2 aromatic rings. The molecule has 120 valence electrons. The van der Waals surface area contributed by atoms with Crippen molar-refractivity contribution in [2.45, 2.75) is 6.92 Å². The first kappa shape index (κ1) is 17.8. The molecule has 0 atom stereocenters. The molecule has 0 unspecified atom stereocenters. The van der Waals surface area contributed by atoms with Crippen LogP contribution in [0.4, 0.5) is 0 Å². The summed E-state index contributed by atoms with van der Waals surface area (Å²) in [5.74, 6) is -0.283. The van der Waals surface area contributed by atoms with E-state index in [0.717, 1.165) is 10.0 Å². The smallest absolute Gasteiger partial charge is 0.372 e. The number of ether oxygens (including phenoxy) is 1. The SMILES string of the molecule is C/C(=N\OC(=O)COc1ccc(Cl)cc1Cl)c1ccc(Br)cc1. The Kier molecular flexibility index (Phi) is 6.45. The quantitative estimate of drug-likeness (QED) is 0.387. The second-order valence-electron chi connectivity index (χ2n) is 4.51. The van der Waals surface area contributed by atoms with Gasteiger partial charge in [0.1, 0.15) is 5.75 Å². The van der Waals surface area contributed by atoms with E-state index in [4.69, 9.17) is 32.8 Å². The summed E-state index contributed by atoms with van der Waals surface area (Å²) >= 11 is 15.1. The van der Waals surface area contributed by atoms with Crippen molar-refractivity contribution in [1.29, 1.82) is 0 Å². The molecule has 0 spiro atoms. The summed E-state index contributed by atoms with van der Waals surface area (Å²) < 4.78 is 6.22. The summed E-state index contributed by atoms with van der Waals surface area (Å²) in [6.45, 7) is 1.44. The molecule has 0 radical (unpaired) electrons. The highest BCUT2D eigenvalue weighted by molar-refractivity contribution is 9.10. The van der Waals surface area contributed by atoms with Gasteiger partial charge in [0.25, 0.3) is 0 Å². The lowest BCUT2D eigenvalue weighted by atomic mass is 10.1. The summed E-state index contributed by atoms with van der Waals surface area (Å²) in [6, 6.07) is 12.2. The van der Waals surface area contributed by atoms with Crippen LogP contribution in [0.25, 0.3) is 0 Å². The van der Waals surface area contributed by atoms with Gasteiger partial charge in [-0.25, -0.2) is 4.79 Å². The third-order valence-electron chi connectivity index (χ3n) is 2.79. The van der Waals surface area contributed by atoms with Gasteiger partial charge >= 0.3 is 5.97 Å². The molecule has 0 saturated heterocycles. The molecule has 0 aliphatic carbocycles. The second kappa shape index (κ2) is 8.34. The standard InChI is InChI=1S/C16H12BrCl2NO3/c1-10(11-2-4-12(17)5-3-11)20-23-16(21)9-22-15-7-6-13(18)8-14(15)19/h2-8H,9H2,1H3/b20-10+. The van der Waals surface area contributed by atoms with Crippen molar-refractivity contribution >= 4 is 50.8 Å². The Morgan fingerprint density at radius 3 is 2.52 bits per heavy atom. The maximum absolute atomic E-state index is 11.7. The van der Waals surface area contributed by atoms with Crippen LogP contribution >= 0.6 is 39.1 Å². The predicted octanol–water partition coefficient (Wildman–Crippen LogP) is 5.10. The van der Waals surface area contributed by atoms with Crippen molar-refractivity contribution in [3.63, 3.8) is 0 Å². The molecule has 0 aromatic heterocycles. The van der Waals surface area contributed by atoms with Crippen LogP contribution < -0.4 is 4.74 Å². The zero-order valence-corrected chi connectivity index (χ0v) is 15.2. The monoisotopic (exact) mass is 415 g/mol. The van der Waals surface area contributed by atoms with Crippen molar-refractivity contribution in [3.05, 3.63) is 62.5 Å². The molecular formula is C16H12BrCl2NO3. The number of carbonyl (C=O) groups excluding carboxylic acids is 1. The Balaban J connectivity index is 1.89. The summed E-state index contributed by atoms with van der Waals surface area (Å²) in [4.78, 5) is 16.5. The Hall–Kier alpha value is -1.56. The molecule has 0 aliphatic heterocycles. The molecule has 0 heterocycles. The zero-order chi connectivity index (χ0) is 16.8. The van der Waals surface area contributed by atoms with Gasteiger partial charge in [-0.2, -0.15) is 0 Å². The number of hydrogen-bond acceptors (Lipinski definition) is 4. The normalized spacial score (nSPS) is 11.2. The summed E-state index contributed by atoms with van der Waals surface area (Å²) in [7, 11) is 0. The maximum Gasteiger partial charge on any atom is 0.372 e. The molecule has 2 rings (SSSR count). The Bertz CT molecular complexity index is 733. The van der Waals surface area contributed by atoms with E-state index >= 15 is 0 Å². The van der Waals surface area contributed by atoms with Crippen LogP contribution in [-0.2, 0) is 9.63 Å². The number of nitrogens with zero attached hydrogens (tertiary/aromatic N) is 1. The Morgan fingerprint density at radius 1 is 1.17 bits per heavy atom. The molecule has 0 bridgehead atoms. The molecule has 2 aromatic carbocycles. The van der Waals surface area contributed by atoms with E-state index in [1.165, 1.54) is 6.07 Å². The molecule has 0 amide bonds. The van der Waals surface area contributed by atoms with Crippen LogP contribution in [-0.4, -0.2) is 18.3 Å². The van der Waals surface area contributed by atoms with Crippen molar-refractivity contribution in [1.82, 2.24) is 0 Å². The minimum atomic E-state index is -0.632. The van der Waals surface area contributed by atoms with Crippen molar-refractivity contribution < 1.29 is 14.4 Å². The van der Waals surface area contributed by atoms with E-state index in [0.29, 0.717) is 21.5 Å². The molecule has 7 heteroatoms. The fourth-order valence-corrected chi connectivity index (χ4v) is 2.35. The minimum absolute atomic E-state index is 0.307. The summed E-state index contributed by atoms with van der Waals surface area (Å²) in [6.07, 6.45) is 0. The molecule has 4 nitrogen and oxygen atoms in total. The largest absolute Gasteiger partial charge is 0.480 e. The molecule has 0 fully saturated rings. The van der Waals surface area contributed by atoms with E-state index in [2.05, 4.69) is 21.1 Å². The highest BCUT2D eigenvalue weighted by atomic mass is 79.9. The van der Waals surface area contributed by atoms with Gasteiger partial charge in [-0.05, 0) is 42.8 Å². The summed E-state index contributed by atoms with van der Waals surface area (Å²) in [5.41, 5.74) is 1.43. The topological polar surface area (TPSA) is 47.9 Å².